The van der Waals surface area contributed by atoms with E-state index in [9.17, 15) is 0 Å². The molecule has 1 aromatic carbocycles. The normalized spacial score (nSPS) is 12.2. The molecule has 0 bridgehead atoms. The van der Waals surface area contributed by atoms with Crippen LogP contribution >= 0.6 is 0 Å². The number of nitrogens with one attached hydrogen (secondary N) is 1. The van der Waals surface area contributed by atoms with E-state index in [1.165, 1.54) is 5.56 Å². The van der Waals surface area contributed by atoms with Crippen LogP contribution in [0.3, 0.4) is 0 Å². The number of hydrogen-bond donors (Lipinski definition) is 1. The van der Waals surface area contributed by atoms with Gasteiger partial charge in [-0.15, -0.1) is 0 Å². The minimum atomic E-state index is 0.262. The summed E-state index contributed by atoms with van der Waals surface area (Å²) in [6, 6.07) is 12.4. The Hall–Kier alpha value is -1.87. The van der Waals surface area contributed by atoms with Crippen molar-refractivity contribution in [3.05, 3.63) is 53.9 Å². The van der Waals surface area contributed by atoms with Gasteiger partial charge in [0.05, 0.1) is 11.9 Å². The Labute approximate surface area is 121 Å². The largest absolute Gasteiger partial charge is 0.456 e. The molecule has 1 aromatic heterocycles. The van der Waals surface area contributed by atoms with E-state index in [1.54, 1.807) is 6.20 Å². The molecule has 1 atom stereocenters. The molecule has 0 aliphatic rings. The van der Waals surface area contributed by atoms with Gasteiger partial charge in [0.25, 0.3) is 0 Å². The lowest BCUT2D eigenvalue weighted by molar-refractivity contribution is 0.477. The second-order valence-electron chi connectivity index (χ2n) is 4.80. The molecular weight excluding hydrogens is 248 g/mol. The van der Waals surface area contributed by atoms with Crippen LogP contribution in [0.5, 0.6) is 11.5 Å². The molecule has 0 amide bonds. The van der Waals surface area contributed by atoms with E-state index in [4.69, 9.17) is 4.74 Å². The van der Waals surface area contributed by atoms with Gasteiger partial charge in [-0.05, 0) is 49.7 Å². The maximum absolute atomic E-state index is 5.83. The summed E-state index contributed by atoms with van der Waals surface area (Å²) in [5.74, 6) is 1.63. The molecule has 0 saturated carbocycles. The summed E-state index contributed by atoms with van der Waals surface area (Å²) < 4.78 is 5.83. The fourth-order valence-electron chi connectivity index (χ4n) is 2.08. The van der Waals surface area contributed by atoms with Crippen LogP contribution in [0.15, 0.2) is 42.6 Å². The Kier molecular flexibility index (Phi) is 5.13. The van der Waals surface area contributed by atoms with Gasteiger partial charge in [0, 0.05) is 6.04 Å². The lowest BCUT2D eigenvalue weighted by Crippen LogP contribution is -2.18. The van der Waals surface area contributed by atoms with Crippen molar-refractivity contribution in [1.29, 1.82) is 0 Å². The molecule has 0 spiro atoms. The van der Waals surface area contributed by atoms with Gasteiger partial charge in [0.1, 0.15) is 11.5 Å². The molecule has 3 heteroatoms. The monoisotopic (exact) mass is 270 g/mol. The van der Waals surface area contributed by atoms with E-state index >= 15 is 0 Å². The van der Waals surface area contributed by atoms with Crippen molar-refractivity contribution in [3.8, 4) is 11.5 Å². The van der Waals surface area contributed by atoms with Gasteiger partial charge in [-0.2, -0.15) is 0 Å². The number of aromatic nitrogens is 1. The van der Waals surface area contributed by atoms with E-state index < -0.39 is 0 Å². The van der Waals surface area contributed by atoms with E-state index in [1.807, 2.05) is 24.3 Å². The minimum absolute atomic E-state index is 0.262. The van der Waals surface area contributed by atoms with Gasteiger partial charge in [0.15, 0.2) is 0 Å². The van der Waals surface area contributed by atoms with E-state index in [0.29, 0.717) is 0 Å². The number of hydrogen-bond acceptors (Lipinski definition) is 3. The van der Waals surface area contributed by atoms with Gasteiger partial charge in [-0.3, -0.25) is 4.98 Å². The number of ether oxygens (including phenoxy) is 1. The zero-order valence-electron chi connectivity index (χ0n) is 12.4. The molecule has 0 saturated heterocycles. The summed E-state index contributed by atoms with van der Waals surface area (Å²) in [5, 5.41) is 3.34. The predicted octanol–water partition coefficient (Wildman–Crippen LogP) is 4.11. The first kappa shape index (κ1) is 14.5. The van der Waals surface area contributed by atoms with Crippen molar-refractivity contribution >= 4 is 0 Å². The van der Waals surface area contributed by atoms with Crippen LogP contribution < -0.4 is 10.1 Å². The molecule has 0 radical (unpaired) electrons. The fourth-order valence-corrected chi connectivity index (χ4v) is 2.08. The Balaban J connectivity index is 2.06. The highest BCUT2D eigenvalue weighted by atomic mass is 16.5. The standard InChI is InChI=1S/C17H22N2O/c1-4-14-7-6-8-15(11-14)20-16-9-10-17(19-12-16)13(3)18-5-2/h6-13,18H,4-5H2,1-3H3. The van der Waals surface area contributed by atoms with Gasteiger partial charge >= 0.3 is 0 Å². The van der Waals surface area contributed by atoms with Crippen molar-refractivity contribution < 1.29 is 4.74 Å². The summed E-state index contributed by atoms with van der Waals surface area (Å²) in [5.41, 5.74) is 2.30. The van der Waals surface area contributed by atoms with Gasteiger partial charge in [-0.25, -0.2) is 0 Å². The highest BCUT2D eigenvalue weighted by Crippen LogP contribution is 2.22. The summed E-state index contributed by atoms with van der Waals surface area (Å²) in [7, 11) is 0. The molecule has 1 unspecified atom stereocenters. The number of pyridine rings is 1. The molecule has 2 aromatic rings. The van der Waals surface area contributed by atoms with Crippen molar-refractivity contribution in [3.63, 3.8) is 0 Å². The Morgan fingerprint density at radius 3 is 2.65 bits per heavy atom. The topological polar surface area (TPSA) is 34.1 Å². The molecule has 20 heavy (non-hydrogen) atoms. The Morgan fingerprint density at radius 1 is 1.15 bits per heavy atom. The van der Waals surface area contributed by atoms with E-state index in [2.05, 4.69) is 43.2 Å². The fraction of sp³-hybridized carbons (Fsp3) is 0.353. The third-order valence-corrected chi connectivity index (χ3v) is 3.26. The highest BCUT2D eigenvalue weighted by Gasteiger charge is 2.05. The minimum Gasteiger partial charge on any atom is -0.456 e. The van der Waals surface area contributed by atoms with Gasteiger partial charge in [0.2, 0.25) is 0 Å². The van der Waals surface area contributed by atoms with Crippen LogP contribution in [-0.2, 0) is 6.42 Å². The third-order valence-electron chi connectivity index (χ3n) is 3.26. The number of rotatable bonds is 6. The number of aryl methyl sites for hydroxylation is 1. The summed E-state index contributed by atoms with van der Waals surface area (Å²) in [4.78, 5) is 4.45. The smallest absolute Gasteiger partial charge is 0.145 e. The zero-order chi connectivity index (χ0) is 14.4. The van der Waals surface area contributed by atoms with Crippen LogP contribution in [-0.4, -0.2) is 11.5 Å². The maximum atomic E-state index is 5.83. The van der Waals surface area contributed by atoms with Crippen LogP contribution in [0.1, 0.15) is 38.1 Å². The molecular formula is C17H22N2O. The van der Waals surface area contributed by atoms with Crippen LogP contribution in [0.4, 0.5) is 0 Å². The summed E-state index contributed by atoms with van der Waals surface area (Å²) >= 11 is 0. The van der Waals surface area contributed by atoms with Gasteiger partial charge < -0.3 is 10.1 Å². The molecule has 0 aliphatic heterocycles. The SMILES string of the molecule is CCNC(C)c1ccc(Oc2cccc(CC)c2)cn1. The van der Waals surface area contributed by atoms with Crippen LogP contribution in [0, 0.1) is 0 Å². The maximum Gasteiger partial charge on any atom is 0.145 e. The molecule has 3 nitrogen and oxygen atoms in total. The third kappa shape index (κ3) is 3.81. The van der Waals surface area contributed by atoms with Crippen molar-refractivity contribution in [1.82, 2.24) is 10.3 Å². The average molecular weight is 270 g/mol. The predicted molar refractivity (Wildman–Crippen MR) is 82.2 cm³/mol. The highest BCUT2D eigenvalue weighted by molar-refractivity contribution is 5.33. The molecule has 0 aliphatic carbocycles. The average Bonchev–Trinajstić information content (AvgIpc) is 2.48. The Morgan fingerprint density at radius 2 is 2.00 bits per heavy atom. The number of nitrogens with zero attached hydrogens (tertiary/aromatic N) is 1. The molecule has 1 heterocycles. The number of benzene rings is 1. The second-order valence-corrected chi connectivity index (χ2v) is 4.80. The Bertz CT molecular complexity index is 537. The van der Waals surface area contributed by atoms with Gasteiger partial charge in [-0.1, -0.05) is 26.0 Å². The quantitative estimate of drug-likeness (QED) is 0.857. The lowest BCUT2D eigenvalue weighted by Gasteiger charge is -2.12. The van der Waals surface area contributed by atoms with E-state index in [-0.39, 0.29) is 6.04 Å². The molecule has 0 fully saturated rings. The van der Waals surface area contributed by atoms with Crippen LogP contribution in [0.25, 0.3) is 0 Å². The first-order valence-electron chi connectivity index (χ1n) is 7.19. The van der Waals surface area contributed by atoms with Crippen molar-refractivity contribution in [2.24, 2.45) is 0 Å². The summed E-state index contributed by atoms with van der Waals surface area (Å²) in [6.45, 7) is 7.27. The first-order valence-corrected chi connectivity index (χ1v) is 7.19. The molecule has 1 N–H and O–H groups in total. The van der Waals surface area contributed by atoms with Crippen LogP contribution in [0.2, 0.25) is 0 Å². The summed E-state index contributed by atoms with van der Waals surface area (Å²) in [6.07, 6.45) is 2.79. The first-order chi connectivity index (χ1) is 9.72. The zero-order valence-corrected chi connectivity index (χ0v) is 12.4. The molecule has 2 rings (SSSR count). The van der Waals surface area contributed by atoms with Crippen molar-refractivity contribution in [2.45, 2.75) is 33.2 Å². The lowest BCUT2D eigenvalue weighted by atomic mass is 10.2. The van der Waals surface area contributed by atoms with E-state index in [0.717, 1.165) is 30.2 Å². The van der Waals surface area contributed by atoms with Crippen molar-refractivity contribution in [2.75, 3.05) is 6.54 Å². The molecule has 106 valence electrons. The second kappa shape index (κ2) is 7.06.